The van der Waals surface area contributed by atoms with Crippen LogP contribution in [0.5, 0.6) is 0 Å². The number of hydrogen-bond acceptors (Lipinski definition) is 1. The predicted octanol–water partition coefficient (Wildman–Crippen LogP) is 4.60. The molecule has 2 aromatic rings. The van der Waals surface area contributed by atoms with E-state index in [4.69, 9.17) is 0 Å². The molecule has 0 aliphatic rings. The molecule has 1 aromatic heterocycles. The van der Waals surface area contributed by atoms with E-state index in [-0.39, 0.29) is 0 Å². The van der Waals surface area contributed by atoms with Gasteiger partial charge in [0.2, 0.25) is 0 Å². The summed E-state index contributed by atoms with van der Waals surface area (Å²) in [5.74, 6) is 0. The molecule has 19 heavy (non-hydrogen) atoms. The Morgan fingerprint density at radius 3 is 2.16 bits per heavy atom. The van der Waals surface area contributed by atoms with Crippen LogP contribution >= 0.6 is 0 Å². The lowest BCUT2D eigenvalue weighted by molar-refractivity contribution is 0.403. The molecule has 0 saturated heterocycles. The molecule has 108 valence electrons. The zero-order chi connectivity index (χ0) is 15.0. The summed E-state index contributed by atoms with van der Waals surface area (Å²) in [4.78, 5) is 2.21. The van der Waals surface area contributed by atoms with Gasteiger partial charge in [0, 0.05) is 30.7 Å². The topological polar surface area (TPSA) is 8.17 Å². The molecule has 2 heteroatoms. The van der Waals surface area contributed by atoms with E-state index in [1.54, 1.807) is 0 Å². The van der Waals surface area contributed by atoms with Crippen LogP contribution in [0.15, 0.2) is 24.4 Å². The Balaban J connectivity index is 0.000000741. The lowest BCUT2D eigenvalue weighted by Gasteiger charge is -2.08. The molecule has 0 fully saturated rings. The summed E-state index contributed by atoms with van der Waals surface area (Å²) in [7, 11) is 6.33. The molecule has 0 aliphatic carbocycles. The predicted molar refractivity (Wildman–Crippen MR) is 87.7 cm³/mol. The van der Waals surface area contributed by atoms with Gasteiger partial charge in [0.05, 0.1) is 0 Å². The first-order valence-corrected chi connectivity index (χ1v) is 7.28. The molecular weight excluding hydrogens is 232 g/mol. The van der Waals surface area contributed by atoms with Crippen molar-refractivity contribution in [1.29, 1.82) is 0 Å². The van der Waals surface area contributed by atoms with Crippen molar-refractivity contribution in [1.82, 2.24) is 9.47 Å². The van der Waals surface area contributed by atoms with Gasteiger partial charge in [0.15, 0.2) is 0 Å². The quantitative estimate of drug-likeness (QED) is 0.768. The van der Waals surface area contributed by atoms with Crippen molar-refractivity contribution in [3.63, 3.8) is 0 Å². The highest BCUT2D eigenvalue weighted by Gasteiger charge is 2.08. The van der Waals surface area contributed by atoms with E-state index >= 15 is 0 Å². The average Bonchev–Trinajstić information content (AvgIpc) is 2.72. The number of rotatable bonds is 2. The van der Waals surface area contributed by atoms with E-state index < -0.39 is 0 Å². The summed E-state index contributed by atoms with van der Waals surface area (Å²) in [5, 5.41) is 1.41. The van der Waals surface area contributed by atoms with Gasteiger partial charge in [-0.15, -0.1) is 0 Å². The monoisotopic (exact) mass is 262 g/mol. The van der Waals surface area contributed by atoms with Crippen molar-refractivity contribution in [2.75, 3.05) is 14.1 Å². The van der Waals surface area contributed by atoms with Crippen LogP contribution in [-0.2, 0) is 13.6 Å². The van der Waals surface area contributed by atoms with Crippen LogP contribution in [0.3, 0.4) is 0 Å². The lowest BCUT2D eigenvalue weighted by atomic mass is 10.1. The first-order chi connectivity index (χ1) is 9.09. The van der Waals surface area contributed by atoms with Crippen LogP contribution in [0.2, 0.25) is 0 Å². The molecular formula is C17H30N2. The molecule has 0 N–H and O–H groups in total. The minimum Gasteiger partial charge on any atom is -0.350 e. The highest BCUT2D eigenvalue weighted by atomic mass is 15.1. The molecule has 0 spiro atoms. The van der Waals surface area contributed by atoms with Crippen LogP contribution in [-0.4, -0.2) is 23.6 Å². The van der Waals surface area contributed by atoms with Gasteiger partial charge >= 0.3 is 0 Å². The lowest BCUT2D eigenvalue weighted by Crippen LogP contribution is -2.10. The summed E-state index contributed by atoms with van der Waals surface area (Å²) in [6, 6.07) is 6.49. The number of benzene rings is 1. The van der Waals surface area contributed by atoms with Gasteiger partial charge in [-0.25, -0.2) is 0 Å². The van der Waals surface area contributed by atoms with Crippen LogP contribution < -0.4 is 0 Å². The SMILES string of the molecule is CC.CC.Cc1cccc2c1c(CN(C)C)cn2C. The molecule has 2 nitrogen and oxygen atoms in total. The van der Waals surface area contributed by atoms with Gasteiger partial charge in [-0.2, -0.15) is 0 Å². The summed E-state index contributed by atoms with van der Waals surface area (Å²) < 4.78 is 2.21. The molecule has 0 radical (unpaired) electrons. The summed E-state index contributed by atoms with van der Waals surface area (Å²) in [5.41, 5.74) is 4.10. The summed E-state index contributed by atoms with van der Waals surface area (Å²) >= 11 is 0. The molecule has 2 rings (SSSR count). The van der Waals surface area contributed by atoms with Crippen LogP contribution in [0.4, 0.5) is 0 Å². The fourth-order valence-electron chi connectivity index (χ4n) is 2.19. The minimum absolute atomic E-state index is 1.00. The van der Waals surface area contributed by atoms with Crippen molar-refractivity contribution in [2.24, 2.45) is 7.05 Å². The molecule has 0 aliphatic heterocycles. The molecule has 0 unspecified atom stereocenters. The Kier molecular flexibility index (Phi) is 8.17. The van der Waals surface area contributed by atoms with Crippen LogP contribution in [0, 0.1) is 6.92 Å². The maximum atomic E-state index is 2.23. The maximum Gasteiger partial charge on any atom is 0.0483 e. The van der Waals surface area contributed by atoms with Gasteiger partial charge in [-0.3, -0.25) is 0 Å². The second-order valence-electron chi connectivity index (χ2n) is 4.47. The smallest absolute Gasteiger partial charge is 0.0483 e. The average molecular weight is 262 g/mol. The Labute approximate surface area is 119 Å². The number of fused-ring (bicyclic) bond motifs is 1. The fourth-order valence-corrected chi connectivity index (χ4v) is 2.19. The molecule has 0 atom stereocenters. The van der Waals surface area contributed by atoms with Crippen LogP contribution in [0.1, 0.15) is 38.8 Å². The highest BCUT2D eigenvalue weighted by molar-refractivity contribution is 5.87. The fraction of sp³-hybridized carbons (Fsp3) is 0.529. The first-order valence-electron chi connectivity index (χ1n) is 7.28. The normalized spacial score (nSPS) is 9.74. The molecule has 1 aromatic carbocycles. The second kappa shape index (κ2) is 8.76. The Morgan fingerprint density at radius 2 is 1.63 bits per heavy atom. The van der Waals surface area contributed by atoms with E-state index in [9.17, 15) is 0 Å². The number of nitrogens with zero attached hydrogens (tertiary/aromatic N) is 2. The second-order valence-corrected chi connectivity index (χ2v) is 4.47. The van der Waals surface area contributed by atoms with E-state index in [0.717, 1.165) is 6.54 Å². The van der Waals surface area contributed by atoms with Gasteiger partial charge in [0.1, 0.15) is 0 Å². The van der Waals surface area contributed by atoms with Gasteiger partial charge in [0.25, 0.3) is 0 Å². The minimum atomic E-state index is 1.00. The standard InChI is InChI=1S/C13H18N2.2C2H6/c1-10-6-5-7-12-13(10)11(8-14(2)3)9-15(12)4;2*1-2/h5-7,9H,8H2,1-4H3;2*1-2H3. The van der Waals surface area contributed by atoms with Crippen molar-refractivity contribution < 1.29 is 0 Å². The molecule has 1 heterocycles. The maximum absolute atomic E-state index is 2.23. The van der Waals surface area contributed by atoms with Gasteiger partial charge < -0.3 is 9.47 Å². The van der Waals surface area contributed by atoms with Gasteiger partial charge in [-0.1, -0.05) is 39.8 Å². The highest BCUT2D eigenvalue weighted by Crippen LogP contribution is 2.24. The third-order valence-corrected chi connectivity index (χ3v) is 2.79. The first kappa shape index (κ1) is 17.7. The van der Waals surface area contributed by atoms with Crippen molar-refractivity contribution in [2.45, 2.75) is 41.2 Å². The summed E-state index contributed by atoms with van der Waals surface area (Å²) in [6.07, 6.45) is 2.23. The largest absolute Gasteiger partial charge is 0.350 e. The Hall–Kier alpha value is -1.28. The Morgan fingerprint density at radius 1 is 1.05 bits per heavy atom. The van der Waals surface area contributed by atoms with Crippen molar-refractivity contribution in [3.8, 4) is 0 Å². The van der Waals surface area contributed by atoms with E-state index in [1.807, 2.05) is 27.7 Å². The van der Waals surface area contributed by atoms with E-state index in [1.165, 1.54) is 22.0 Å². The molecule has 0 saturated carbocycles. The van der Waals surface area contributed by atoms with Crippen molar-refractivity contribution >= 4 is 10.9 Å². The van der Waals surface area contributed by atoms with E-state index in [2.05, 4.69) is 61.9 Å². The molecule has 0 bridgehead atoms. The molecule has 0 amide bonds. The summed E-state index contributed by atoms with van der Waals surface area (Å²) in [6.45, 7) is 11.2. The third kappa shape index (κ3) is 4.39. The van der Waals surface area contributed by atoms with Crippen LogP contribution in [0.25, 0.3) is 10.9 Å². The zero-order valence-corrected chi connectivity index (χ0v) is 13.9. The number of aromatic nitrogens is 1. The van der Waals surface area contributed by atoms with Gasteiger partial charge in [-0.05, 0) is 38.2 Å². The Bertz CT molecular complexity index is 481. The third-order valence-electron chi connectivity index (χ3n) is 2.79. The zero-order valence-electron chi connectivity index (χ0n) is 13.9. The number of hydrogen-bond donors (Lipinski definition) is 0. The van der Waals surface area contributed by atoms with Crippen molar-refractivity contribution in [3.05, 3.63) is 35.5 Å². The van der Waals surface area contributed by atoms with E-state index in [0.29, 0.717) is 0 Å². The number of aryl methyl sites for hydroxylation is 2.